The molecule has 0 amide bonds. The molecule has 20 heavy (non-hydrogen) atoms. The molecule has 3 N–H and O–H groups in total. The van der Waals surface area contributed by atoms with Crippen molar-refractivity contribution >= 4 is 11.6 Å². The maximum atomic E-state index is 9.12. The standard InChI is InChI=1S/C15H26N4O/c1-4-8-16-12-10-13(19-15(2,3)7-9-20)18-14(17-12)11-5-6-11/h10-11,20H,4-9H2,1-3H3,(H2,16,17,18,19). The van der Waals surface area contributed by atoms with Crippen LogP contribution in [-0.4, -0.2) is 33.8 Å². The van der Waals surface area contributed by atoms with Crippen molar-refractivity contribution in [3.8, 4) is 0 Å². The maximum Gasteiger partial charge on any atom is 0.136 e. The fourth-order valence-corrected chi connectivity index (χ4v) is 2.09. The lowest BCUT2D eigenvalue weighted by Gasteiger charge is -2.26. The minimum atomic E-state index is -0.175. The normalized spacial score (nSPS) is 15.2. The Bertz CT molecular complexity index is 443. The zero-order chi connectivity index (χ0) is 14.6. The zero-order valence-corrected chi connectivity index (χ0v) is 12.7. The smallest absolute Gasteiger partial charge is 0.136 e. The molecule has 0 saturated heterocycles. The van der Waals surface area contributed by atoms with Crippen molar-refractivity contribution in [2.75, 3.05) is 23.8 Å². The van der Waals surface area contributed by atoms with Gasteiger partial charge in [-0.1, -0.05) is 6.92 Å². The second-order valence-electron chi connectivity index (χ2n) is 6.18. The van der Waals surface area contributed by atoms with Crippen molar-refractivity contribution in [2.24, 2.45) is 0 Å². The van der Waals surface area contributed by atoms with Crippen molar-refractivity contribution in [3.63, 3.8) is 0 Å². The zero-order valence-electron chi connectivity index (χ0n) is 12.7. The summed E-state index contributed by atoms with van der Waals surface area (Å²) in [5.41, 5.74) is -0.175. The molecule has 112 valence electrons. The van der Waals surface area contributed by atoms with Crippen LogP contribution >= 0.6 is 0 Å². The van der Waals surface area contributed by atoms with E-state index in [1.165, 1.54) is 12.8 Å². The van der Waals surface area contributed by atoms with E-state index >= 15 is 0 Å². The van der Waals surface area contributed by atoms with E-state index < -0.39 is 0 Å². The highest BCUT2D eigenvalue weighted by Gasteiger charge is 2.28. The van der Waals surface area contributed by atoms with Crippen molar-refractivity contribution in [1.82, 2.24) is 9.97 Å². The fourth-order valence-electron chi connectivity index (χ4n) is 2.09. The highest BCUT2D eigenvalue weighted by molar-refractivity contribution is 5.49. The average molecular weight is 278 g/mol. The van der Waals surface area contributed by atoms with Gasteiger partial charge in [0, 0.05) is 30.7 Å². The third-order valence-corrected chi connectivity index (χ3v) is 3.45. The summed E-state index contributed by atoms with van der Waals surface area (Å²) >= 11 is 0. The molecule has 1 fully saturated rings. The molecule has 0 bridgehead atoms. The van der Waals surface area contributed by atoms with Gasteiger partial charge in [-0.25, -0.2) is 9.97 Å². The van der Waals surface area contributed by atoms with Crippen LogP contribution < -0.4 is 10.6 Å². The molecule has 1 saturated carbocycles. The summed E-state index contributed by atoms with van der Waals surface area (Å²) in [7, 11) is 0. The van der Waals surface area contributed by atoms with E-state index in [0.717, 1.165) is 30.4 Å². The number of nitrogens with zero attached hydrogens (tertiary/aromatic N) is 2. The second-order valence-corrected chi connectivity index (χ2v) is 6.18. The Morgan fingerprint density at radius 2 is 2.00 bits per heavy atom. The van der Waals surface area contributed by atoms with Crippen molar-refractivity contribution in [1.29, 1.82) is 0 Å². The Balaban J connectivity index is 2.15. The average Bonchev–Trinajstić information content (AvgIpc) is 3.19. The lowest BCUT2D eigenvalue weighted by Crippen LogP contribution is -2.32. The number of hydrogen-bond acceptors (Lipinski definition) is 5. The number of nitrogens with one attached hydrogen (secondary N) is 2. The molecular weight excluding hydrogens is 252 g/mol. The van der Waals surface area contributed by atoms with Crippen LogP contribution in [0.1, 0.15) is 58.2 Å². The molecule has 1 aromatic rings. The molecule has 0 aliphatic heterocycles. The van der Waals surface area contributed by atoms with Crippen LogP contribution in [0.4, 0.5) is 11.6 Å². The van der Waals surface area contributed by atoms with Gasteiger partial charge < -0.3 is 15.7 Å². The molecule has 5 heteroatoms. The van der Waals surface area contributed by atoms with Gasteiger partial charge >= 0.3 is 0 Å². The summed E-state index contributed by atoms with van der Waals surface area (Å²) in [6.45, 7) is 7.37. The Kier molecular flexibility index (Phi) is 4.81. The van der Waals surface area contributed by atoms with E-state index in [-0.39, 0.29) is 12.1 Å². The molecule has 0 atom stereocenters. The summed E-state index contributed by atoms with van der Waals surface area (Å²) in [5, 5.41) is 15.9. The number of aromatic nitrogens is 2. The van der Waals surface area contributed by atoms with Gasteiger partial charge in [-0.3, -0.25) is 0 Å². The van der Waals surface area contributed by atoms with E-state index in [4.69, 9.17) is 5.11 Å². The molecule has 0 radical (unpaired) electrons. The van der Waals surface area contributed by atoms with Gasteiger partial charge in [0.1, 0.15) is 17.5 Å². The molecule has 1 aromatic heterocycles. The fraction of sp³-hybridized carbons (Fsp3) is 0.733. The highest BCUT2D eigenvalue weighted by atomic mass is 16.3. The molecule has 0 spiro atoms. The van der Waals surface area contributed by atoms with Crippen LogP contribution in [0.25, 0.3) is 0 Å². The molecule has 0 aromatic carbocycles. The summed E-state index contributed by atoms with van der Waals surface area (Å²) < 4.78 is 0. The van der Waals surface area contributed by atoms with E-state index in [0.29, 0.717) is 12.3 Å². The lowest BCUT2D eigenvalue weighted by molar-refractivity contribution is 0.260. The number of anilines is 2. The number of rotatable bonds is 8. The monoisotopic (exact) mass is 278 g/mol. The van der Waals surface area contributed by atoms with Crippen LogP contribution in [0.3, 0.4) is 0 Å². The molecule has 0 unspecified atom stereocenters. The Morgan fingerprint density at radius 3 is 2.60 bits per heavy atom. The van der Waals surface area contributed by atoms with Crippen molar-refractivity contribution < 1.29 is 5.11 Å². The summed E-state index contributed by atoms with van der Waals surface area (Å²) in [6, 6.07) is 1.96. The minimum absolute atomic E-state index is 0.168. The third kappa shape index (κ3) is 4.34. The van der Waals surface area contributed by atoms with Gasteiger partial charge in [0.15, 0.2) is 0 Å². The number of aliphatic hydroxyl groups is 1. The van der Waals surface area contributed by atoms with Gasteiger partial charge in [0.25, 0.3) is 0 Å². The van der Waals surface area contributed by atoms with E-state index in [1.807, 2.05) is 6.07 Å². The van der Waals surface area contributed by atoms with E-state index in [1.54, 1.807) is 0 Å². The second kappa shape index (κ2) is 6.39. The number of hydrogen-bond donors (Lipinski definition) is 3. The molecule has 1 heterocycles. The summed E-state index contributed by atoms with van der Waals surface area (Å²) in [4.78, 5) is 9.22. The van der Waals surface area contributed by atoms with Crippen LogP contribution in [-0.2, 0) is 0 Å². The first-order valence-electron chi connectivity index (χ1n) is 7.56. The molecule has 2 rings (SSSR count). The van der Waals surface area contributed by atoms with Gasteiger partial charge in [0.2, 0.25) is 0 Å². The predicted octanol–water partition coefficient (Wildman–Crippen LogP) is 2.75. The van der Waals surface area contributed by atoms with E-state index in [9.17, 15) is 0 Å². The first-order chi connectivity index (χ1) is 9.54. The summed E-state index contributed by atoms with van der Waals surface area (Å²) in [6.07, 6.45) is 4.14. The lowest BCUT2D eigenvalue weighted by atomic mass is 10.0. The molecule has 5 nitrogen and oxygen atoms in total. The minimum Gasteiger partial charge on any atom is -0.396 e. The number of aliphatic hydroxyl groups excluding tert-OH is 1. The molecular formula is C15H26N4O. The van der Waals surface area contributed by atoms with Crippen molar-refractivity contribution in [3.05, 3.63) is 11.9 Å². The summed E-state index contributed by atoms with van der Waals surface area (Å²) in [5.74, 6) is 3.21. The first-order valence-corrected chi connectivity index (χ1v) is 7.56. The van der Waals surface area contributed by atoms with Gasteiger partial charge in [0.05, 0.1) is 0 Å². The quantitative estimate of drug-likeness (QED) is 0.682. The maximum absolute atomic E-state index is 9.12. The third-order valence-electron chi connectivity index (χ3n) is 3.45. The Morgan fingerprint density at radius 1 is 1.30 bits per heavy atom. The molecule has 1 aliphatic carbocycles. The topological polar surface area (TPSA) is 70.1 Å². The van der Waals surface area contributed by atoms with Crippen molar-refractivity contribution in [2.45, 2.75) is 57.9 Å². The predicted molar refractivity (Wildman–Crippen MR) is 82.2 cm³/mol. The molecule has 1 aliphatic rings. The highest BCUT2D eigenvalue weighted by Crippen LogP contribution is 2.39. The largest absolute Gasteiger partial charge is 0.396 e. The SMILES string of the molecule is CCCNc1cc(NC(C)(C)CCO)nc(C2CC2)n1. The Hall–Kier alpha value is -1.36. The van der Waals surface area contributed by atoms with Crippen LogP contribution in [0.2, 0.25) is 0 Å². The first kappa shape index (κ1) is 15.0. The van der Waals surface area contributed by atoms with Gasteiger partial charge in [-0.15, -0.1) is 0 Å². The van der Waals surface area contributed by atoms with Crippen LogP contribution in [0.15, 0.2) is 6.07 Å². The van der Waals surface area contributed by atoms with Gasteiger partial charge in [-0.2, -0.15) is 0 Å². The van der Waals surface area contributed by atoms with E-state index in [2.05, 4.69) is 41.4 Å². The van der Waals surface area contributed by atoms with Crippen LogP contribution in [0.5, 0.6) is 0 Å². The Labute approximate surface area is 121 Å². The van der Waals surface area contributed by atoms with Gasteiger partial charge in [-0.05, 0) is 39.5 Å². The van der Waals surface area contributed by atoms with Crippen LogP contribution in [0, 0.1) is 0 Å².